The second-order valence-corrected chi connectivity index (χ2v) is 4.27. The molecule has 0 bridgehead atoms. The zero-order valence-corrected chi connectivity index (χ0v) is 10.7. The molecule has 5 nitrogen and oxygen atoms in total. The highest BCUT2D eigenvalue weighted by molar-refractivity contribution is 6.31. The van der Waals surface area contributed by atoms with Crippen molar-refractivity contribution in [2.75, 3.05) is 5.32 Å². The summed E-state index contributed by atoms with van der Waals surface area (Å²) in [7, 11) is 0. The van der Waals surface area contributed by atoms with Gasteiger partial charge in [-0.05, 0) is 18.2 Å². The van der Waals surface area contributed by atoms with Crippen molar-refractivity contribution in [3.05, 3.63) is 69.0 Å². The van der Waals surface area contributed by atoms with E-state index >= 15 is 0 Å². The van der Waals surface area contributed by atoms with E-state index in [4.69, 9.17) is 11.6 Å². The van der Waals surface area contributed by atoms with Crippen LogP contribution in [0.4, 0.5) is 15.8 Å². The highest BCUT2D eigenvalue weighted by atomic mass is 35.5. The SMILES string of the molecule is O=C(Nc1cccc(Cl)c1F)c1cccc([N+](=O)[O-])c1. The Labute approximate surface area is 118 Å². The number of hydrogen-bond donors (Lipinski definition) is 1. The van der Waals surface area contributed by atoms with E-state index in [1.807, 2.05) is 0 Å². The number of anilines is 1. The molecule has 0 unspecified atom stereocenters. The lowest BCUT2D eigenvalue weighted by molar-refractivity contribution is -0.384. The number of non-ortho nitro benzene ring substituents is 1. The lowest BCUT2D eigenvalue weighted by Crippen LogP contribution is -2.13. The number of hydrogen-bond acceptors (Lipinski definition) is 3. The van der Waals surface area contributed by atoms with Gasteiger partial charge in [0.05, 0.1) is 15.6 Å². The Morgan fingerprint density at radius 3 is 2.65 bits per heavy atom. The maximum absolute atomic E-state index is 13.6. The van der Waals surface area contributed by atoms with Gasteiger partial charge in [-0.2, -0.15) is 0 Å². The van der Waals surface area contributed by atoms with Gasteiger partial charge in [0.2, 0.25) is 0 Å². The Bertz CT molecular complexity index is 691. The summed E-state index contributed by atoms with van der Waals surface area (Å²) < 4.78 is 13.6. The van der Waals surface area contributed by atoms with Crippen molar-refractivity contribution >= 4 is 28.9 Å². The second kappa shape index (κ2) is 5.66. The predicted molar refractivity (Wildman–Crippen MR) is 72.5 cm³/mol. The molecule has 1 N–H and O–H groups in total. The summed E-state index contributed by atoms with van der Waals surface area (Å²) in [5.41, 5.74) is -0.253. The Kier molecular flexibility index (Phi) is 3.95. The van der Waals surface area contributed by atoms with Crippen LogP contribution in [0.1, 0.15) is 10.4 Å². The van der Waals surface area contributed by atoms with Gasteiger partial charge in [-0.3, -0.25) is 14.9 Å². The molecule has 0 aliphatic carbocycles. The minimum atomic E-state index is -0.757. The molecular weight excluding hydrogens is 287 g/mol. The molecule has 0 saturated heterocycles. The molecular formula is C13H8ClFN2O3. The molecule has 0 radical (unpaired) electrons. The molecule has 0 atom stereocenters. The van der Waals surface area contributed by atoms with E-state index in [9.17, 15) is 19.3 Å². The third-order valence-electron chi connectivity index (χ3n) is 2.52. The lowest BCUT2D eigenvalue weighted by Gasteiger charge is -2.07. The molecule has 2 rings (SSSR count). The number of nitro benzene ring substituents is 1. The number of rotatable bonds is 3. The molecule has 2 aromatic carbocycles. The van der Waals surface area contributed by atoms with Crippen molar-refractivity contribution in [3.8, 4) is 0 Å². The number of nitro groups is 1. The van der Waals surface area contributed by atoms with Crippen LogP contribution in [-0.2, 0) is 0 Å². The fourth-order valence-corrected chi connectivity index (χ4v) is 1.73. The number of amides is 1. The predicted octanol–water partition coefficient (Wildman–Crippen LogP) is 3.64. The van der Waals surface area contributed by atoms with Crippen LogP contribution in [0.25, 0.3) is 0 Å². The van der Waals surface area contributed by atoms with Crippen molar-refractivity contribution in [3.63, 3.8) is 0 Å². The van der Waals surface area contributed by atoms with Gasteiger partial charge >= 0.3 is 0 Å². The summed E-state index contributed by atoms with van der Waals surface area (Å²) in [6.07, 6.45) is 0. The Morgan fingerprint density at radius 1 is 1.25 bits per heavy atom. The molecule has 0 aromatic heterocycles. The first kappa shape index (κ1) is 14.0. The summed E-state index contributed by atoms with van der Waals surface area (Å²) in [5, 5.41) is 12.8. The van der Waals surface area contributed by atoms with E-state index in [0.29, 0.717) is 0 Å². The van der Waals surface area contributed by atoms with Gasteiger partial charge in [0, 0.05) is 17.7 Å². The molecule has 0 saturated carbocycles. The first-order valence-corrected chi connectivity index (χ1v) is 5.86. The van der Waals surface area contributed by atoms with Gasteiger partial charge < -0.3 is 5.32 Å². The Balaban J connectivity index is 2.26. The number of halogens is 2. The maximum Gasteiger partial charge on any atom is 0.270 e. The van der Waals surface area contributed by atoms with Crippen LogP contribution < -0.4 is 5.32 Å². The van der Waals surface area contributed by atoms with Crippen molar-refractivity contribution in [2.24, 2.45) is 0 Å². The van der Waals surface area contributed by atoms with Gasteiger partial charge in [-0.15, -0.1) is 0 Å². The van der Waals surface area contributed by atoms with Gasteiger partial charge in [-0.1, -0.05) is 23.7 Å². The van der Waals surface area contributed by atoms with Crippen molar-refractivity contribution in [2.45, 2.75) is 0 Å². The van der Waals surface area contributed by atoms with E-state index in [-0.39, 0.29) is 22.0 Å². The normalized spacial score (nSPS) is 10.1. The number of nitrogens with zero attached hydrogens (tertiary/aromatic N) is 1. The molecule has 0 spiro atoms. The molecule has 2 aromatic rings. The van der Waals surface area contributed by atoms with Crippen LogP contribution >= 0.6 is 11.6 Å². The van der Waals surface area contributed by atoms with Crippen molar-refractivity contribution < 1.29 is 14.1 Å². The van der Waals surface area contributed by atoms with Crippen molar-refractivity contribution in [1.29, 1.82) is 0 Å². The smallest absolute Gasteiger partial charge is 0.270 e. The van der Waals surface area contributed by atoms with E-state index in [1.165, 1.54) is 36.4 Å². The largest absolute Gasteiger partial charge is 0.319 e. The maximum atomic E-state index is 13.6. The number of benzene rings is 2. The summed E-state index contributed by atoms with van der Waals surface area (Å²) >= 11 is 5.59. The first-order valence-electron chi connectivity index (χ1n) is 5.49. The molecule has 7 heteroatoms. The number of carbonyl (C=O) groups excluding carboxylic acids is 1. The second-order valence-electron chi connectivity index (χ2n) is 3.86. The molecule has 1 amide bonds. The fraction of sp³-hybridized carbons (Fsp3) is 0. The fourth-order valence-electron chi connectivity index (χ4n) is 1.56. The van der Waals surface area contributed by atoms with Crippen LogP contribution in [0, 0.1) is 15.9 Å². The summed E-state index contributed by atoms with van der Waals surface area (Å²) in [4.78, 5) is 21.9. The third kappa shape index (κ3) is 2.92. The molecule has 0 heterocycles. The molecule has 0 aliphatic rings. The quantitative estimate of drug-likeness (QED) is 0.694. The molecule has 102 valence electrons. The topological polar surface area (TPSA) is 72.2 Å². The van der Waals surface area contributed by atoms with Gasteiger partial charge in [-0.25, -0.2) is 4.39 Å². The van der Waals surface area contributed by atoms with E-state index in [2.05, 4.69) is 5.32 Å². The minimum Gasteiger partial charge on any atom is -0.319 e. The standard InChI is InChI=1S/C13H8ClFN2O3/c14-10-5-2-6-11(12(10)15)16-13(18)8-3-1-4-9(7-8)17(19)20/h1-7H,(H,16,18). The highest BCUT2D eigenvalue weighted by Gasteiger charge is 2.14. The zero-order chi connectivity index (χ0) is 14.7. The van der Waals surface area contributed by atoms with E-state index in [1.54, 1.807) is 0 Å². The van der Waals surface area contributed by atoms with Gasteiger partial charge in [0.15, 0.2) is 5.82 Å². The Hall–Kier alpha value is -2.47. The average Bonchev–Trinajstić information content (AvgIpc) is 2.44. The van der Waals surface area contributed by atoms with Gasteiger partial charge in [0.1, 0.15) is 0 Å². The molecule has 0 fully saturated rings. The molecule has 0 aliphatic heterocycles. The van der Waals surface area contributed by atoms with E-state index < -0.39 is 16.6 Å². The third-order valence-corrected chi connectivity index (χ3v) is 2.81. The molecule has 20 heavy (non-hydrogen) atoms. The highest BCUT2D eigenvalue weighted by Crippen LogP contribution is 2.23. The van der Waals surface area contributed by atoms with Crippen LogP contribution in [-0.4, -0.2) is 10.8 Å². The number of nitrogens with one attached hydrogen (secondary N) is 1. The van der Waals surface area contributed by atoms with Crippen LogP contribution in [0.5, 0.6) is 0 Å². The van der Waals surface area contributed by atoms with E-state index in [0.717, 1.165) is 6.07 Å². The number of carbonyl (C=O) groups is 1. The Morgan fingerprint density at radius 2 is 1.95 bits per heavy atom. The summed E-state index contributed by atoms with van der Waals surface area (Å²) in [6, 6.07) is 9.31. The average molecular weight is 295 g/mol. The summed E-state index contributed by atoms with van der Waals surface area (Å²) in [6.45, 7) is 0. The first-order chi connectivity index (χ1) is 9.49. The van der Waals surface area contributed by atoms with Crippen LogP contribution in [0.15, 0.2) is 42.5 Å². The minimum absolute atomic E-state index is 0.0542. The van der Waals surface area contributed by atoms with Crippen LogP contribution in [0.3, 0.4) is 0 Å². The van der Waals surface area contributed by atoms with Crippen molar-refractivity contribution in [1.82, 2.24) is 0 Å². The summed E-state index contributed by atoms with van der Waals surface area (Å²) in [5.74, 6) is -1.41. The van der Waals surface area contributed by atoms with Gasteiger partial charge in [0.25, 0.3) is 11.6 Å². The van der Waals surface area contributed by atoms with Crippen LogP contribution in [0.2, 0.25) is 5.02 Å². The zero-order valence-electron chi connectivity index (χ0n) is 9.97. The lowest BCUT2D eigenvalue weighted by atomic mass is 10.2. The monoisotopic (exact) mass is 294 g/mol.